The lowest BCUT2D eigenvalue weighted by molar-refractivity contribution is 0.0920. The summed E-state index contributed by atoms with van der Waals surface area (Å²) in [6.45, 7) is 1.41. The number of rotatable bonds is 7. The molecule has 3 heterocycles. The van der Waals surface area contributed by atoms with E-state index in [4.69, 9.17) is 0 Å². The standard InChI is InChI=1S/C23H20N4O/c28-22(21-11-5-7-18-8-6-14-26-23(18)21)17-27(15-19-9-1-3-12-24-19)16-20-10-2-4-13-25-20/h1-14H,15-17H2. The fourth-order valence-corrected chi connectivity index (χ4v) is 3.23. The van der Waals surface area contributed by atoms with Crippen LogP contribution in [0.4, 0.5) is 0 Å². The van der Waals surface area contributed by atoms with Gasteiger partial charge in [-0.3, -0.25) is 24.6 Å². The van der Waals surface area contributed by atoms with Crippen LogP contribution >= 0.6 is 0 Å². The number of nitrogens with zero attached hydrogens (tertiary/aromatic N) is 4. The third-order valence-electron chi connectivity index (χ3n) is 4.52. The van der Waals surface area contributed by atoms with Crippen molar-refractivity contribution in [2.24, 2.45) is 0 Å². The second-order valence-corrected chi connectivity index (χ2v) is 6.59. The van der Waals surface area contributed by atoms with Crippen LogP contribution < -0.4 is 0 Å². The first-order valence-corrected chi connectivity index (χ1v) is 9.19. The van der Waals surface area contributed by atoms with E-state index in [0.717, 1.165) is 22.3 Å². The van der Waals surface area contributed by atoms with Crippen molar-refractivity contribution < 1.29 is 4.79 Å². The lowest BCUT2D eigenvalue weighted by atomic mass is 10.1. The smallest absolute Gasteiger partial charge is 0.179 e. The molecule has 28 heavy (non-hydrogen) atoms. The Morgan fingerprint density at radius 3 is 2.00 bits per heavy atom. The molecule has 4 rings (SSSR count). The molecule has 5 heteroatoms. The van der Waals surface area contributed by atoms with Crippen molar-refractivity contribution in [3.8, 4) is 0 Å². The highest BCUT2D eigenvalue weighted by Crippen LogP contribution is 2.17. The zero-order valence-corrected chi connectivity index (χ0v) is 15.4. The van der Waals surface area contributed by atoms with E-state index in [-0.39, 0.29) is 12.3 Å². The van der Waals surface area contributed by atoms with Gasteiger partial charge in [-0.15, -0.1) is 0 Å². The monoisotopic (exact) mass is 368 g/mol. The van der Waals surface area contributed by atoms with E-state index in [0.29, 0.717) is 18.7 Å². The number of carbonyl (C=O) groups is 1. The minimum absolute atomic E-state index is 0.0381. The molecule has 0 N–H and O–H groups in total. The summed E-state index contributed by atoms with van der Waals surface area (Å²) < 4.78 is 0. The van der Waals surface area contributed by atoms with E-state index in [1.807, 2.05) is 66.7 Å². The van der Waals surface area contributed by atoms with Crippen LogP contribution in [-0.2, 0) is 13.1 Å². The molecular formula is C23H20N4O. The van der Waals surface area contributed by atoms with Crippen LogP contribution in [0.15, 0.2) is 85.3 Å². The number of hydrogen-bond donors (Lipinski definition) is 0. The Morgan fingerprint density at radius 2 is 1.36 bits per heavy atom. The summed E-state index contributed by atoms with van der Waals surface area (Å²) >= 11 is 0. The highest BCUT2D eigenvalue weighted by molar-refractivity contribution is 6.07. The van der Waals surface area contributed by atoms with E-state index in [9.17, 15) is 4.79 Å². The number of para-hydroxylation sites is 1. The summed E-state index contributed by atoms with van der Waals surface area (Å²) in [5.74, 6) is 0.0381. The number of Topliss-reactive ketones (excluding diaryl/α,β-unsaturated/α-hetero) is 1. The molecule has 0 amide bonds. The predicted octanol–water partition coefficient (Wildman–Crippen LogP) is 3.91. The number of aromatic nitrogens is 3. The van der Waals surface area contributed by atoms with Crippen LogP contribution in [0.3, 0.4) is 0 Å². The Morgan fingerprint density at radius 1 is 0.714 bits per heavy atom. The number of carbonyl (C=O) groups excluding carboxylic acids is 1. The summed E-state index contributed by atoms with van der Waals surface area (Å²) in [6.07, 6.45) is 5.26. The van der Waals surface area contributed by atoms with Crippen LogP contribution in [-0.4, -0.2) is 32.2 Å². The van der Waals surface area contributed by atoms with Gasteiger partial charge in [0.15, 0.2) is 5.78 Å². The van der Waals surface area contributed by atoms with Gasteiger partial charge in [-0.1, -0.05) is 30.3 Å². The van der Waals surface area contributed by atoms with Gasteiger partial charge < -0.3 is 0 Å². The lowest BCUT2D eigenvalue weighted by Crippen LogP contribution is -2.30. The molecular weight excluding hydrogens is 348 g/mol. The molecule has 0 atom stereocenters. The van der Waals surface area contributed by atoms with Crippen molar-refractivity contribution in [2.75, 3.05) is 6.54 Å². The van der Waals surface area contributed by atoms with Crippen LogP contribution in [0.5, 0.6) is 0 Å². The summed E-state index contributed by atoms with van der Waals surface area (Å²) in [7, 11) is 0. The van der Waals surface area contributed by atoms with Crippen LogP contribution in [0.25, 0.3) is 10.9 Å². The minimum Gasteiger partial charge on any atom is -0.293 e. The number of ketones is 1. The zero-order valence-electron chi connectivity index (χ0n) is 15.4. The molecule has 0 saturated heterocycles. The molecule has 0 fully saturated rings. The molecule has 0 spiro atoms. The zero-order chi connectivity index (χ0) is 19.2. The Bertz CT molecular complexity index is 1020. The molecule has 0 saturated carbocycles. The number of pyridine rings is 3. The molecule has 0 aliphatic carbocycles. The number of hydrogen-bond acceptors (Lipinski definition) is 5. The normalized spacial score (nSPS) is 11.0. The van der Waals surface area contributed by atoms with Crippen molar-refractivity contribution >= 4 is 16.7 Å². The molecule has 0 aliphatic heterocycles. The molecule has 5 nitrogen and oxygen atoms in total. The Hall–Kier alpha value is -3.44. The summed E-state index contributed by atoms with van der Waals surface area (Å²) in [4.78, 5) is 28.4. The average molecular weight is 368 g/mol. The molecule has 0 radical (unpaired) electrons. The van der Waals surface area contributed by atoms with Crippen molar-refractivity contribution in [3.05, 3.63) is 102 Å². The SMILES string of the molecule is O=C(CN(Cc1ccccn1)Cc1ccccn1)c1cccc2cccnc12. The van der Waals surface area contributed by atoms with Gasteiger partial charge in [-0.2, -0.15) is 0 Å². The van der Waals surface area contributed by atoms with Crippen molar-refractivity contribution in [3.63, 3.8) is 0 Å². The molecule has 4 aromatic rings. The third-order valence-corrected chi connectivity index (χ3v) is 4.52. The molecule has 0 bridgehead atoms. The summed E-state index contributed by atoms with van der Waals surface area (Å²) in [5, 5.41) is 0.967. The van der Waals surface area contributed by atoms with Crippen LogP contribution in [0.2, 0.25) is 0 Å². The van der Waals surface area contributed by atoms with E-state index >= 15 is 0 Å². The summed E-state index contributed by atoms with van der Waals surface area (Å²) in [5.41, 5.74) is 3.22. The Kier molecular flexibility index (Phi) is 5.45. The van der Waals surface area contributed by atoms with Gasteiger partial charge in [0.2, 0.25) is 0 Å². The van der Waals surface area contributed by atoms with E-state index in [1.54, 1.807) is 18.6 Å². The van der Waals surface area contributed by atoms with Gasteiger partial charge in [0.1, 0.15) is 0 Å². The molecule has 1 aromatic carbocycles. The van der Waals surface area contributed by atoms with Crippen molar-refractivity contribution in [1.29, 1.82) is 0 Å². The maximum atomic E-state index is 13.1. The third kappa shape index (κ3) is 4.27. The van der Waals surface area contributed by atoms with Gasteiger partial charge in [-0.25, -0.2) is 0 Å². The highest BCUT2D eigenvalue weighted by atomic mass is 16.1. The van der Waals surface area contributed by atoms with Gasteiger partial charge in [0.25, 0.3) is 0 Å². The summed E-state index contributed by atoms with van der Waals surface area (Å²) in [6, 6.07) is 21.2. The van der Waals surface area contributed by atoms with E-state index in [1.165, 1.54) is 0 Å². The van der Waals surface area contributed by atoms with Gasteiger partial charge in [0, 0.05) is 42.6 Å². The fraction of sp³-hybridized carbons (Fsp3) is 0.130. The second-order valence-electron chi connectivity index (χ2n) is 6.59. The molecule has 0 aliphatic rings. The second kappa shape index (κ2) is 8.50. The van der Waals surface area contributed by atoms with Crippen molar-refractivity contribution in [1.82, 2.24) is 19.9 Å². The first-order valence-electron chi connectivity index (χ1n) is 9.19. The lowest BCUT2D eigenvalue weighted by Gasteiger charge is -2.21. The first kappa shape index (κ1) is 17.9. The first-order chi connectivity index (χ1) is 13.8. The van der Waals surface area contributed by atoms with Crippen LogP contribution in [0, 0.1) is 0 Å². The minimum atomic E-state index is 0.0381. The van der Waals surface area contributed by atoms with E-state index < -0.39 is 0 Å². The largest absolute Gasteiger partial charge is 0.293 e. The molecule has 0 unspecified atom stereocenters. The predicted molar refractivity (Wildman–Crippen MR) is 109 cm³/mol. The van der Waals surface area contributed by atoms with Crippen molar-refractivity contribution in [2.45, 2.75) is 13.1 Å². The maximum Gasteiger partial charge on any atom is 0.179 e. The van der Waals surface area contributed by atoms with E-state index in [2.05, 4.69) is 19.9 Å². The average Bonchev–Trinajstić information content (AvgIpc) is 2.74. The molecule has 138 valence electrons. The Balaban J connectivity index is 1.59. The van der Waals surface area contributed by atoms with Gasteiger partial charge in [-0.05, 0) is 36.4 Å². The number of fused-ring (bicyclic) bond motifs is 1. The number of benzene rings is 1. The topological polar surface area (TPSA) is 59.0 Å². The van der Waals surface area contributed by atoms with Crippen LogP contribution in [0.1, 0.15) is 21.7 Å². The maximum absolute atomic E-state index is 13.1. The highest BCUT2D eigenvalue weighted by Gasteiger charge is 2.17. The quantitative estimate of drug-likeness (QED) is 0.463. The van der Waals surface area contributed by atoms with Gasteiger partial charge in [0.05, 0.1) is 23.4 Å². The molecule has 3 aromatic heterocycles. The fourth-order valence-electron chi connectivity index (χ4n) is 3.23. The Labute approximate surface area is 163 Å². The van der Waals surface area contributed by atoms with Gasteiger partial charge >= 0.3 is 0 Å².